The molecule has 2 rings (SSSR count). The van der Waals surface area contributed by atoms with Crippen LogP contribution in [0.1, 0.15) is 20.3 Å². The predicted octanol–water partition coefficient (Wildman–Crippen LogP) is 2.14. The van der Waals surface area contributed by atoms with Crippen molar-refractivity contribution >= 4 is 17.6 Å². The van der Waals surface area contributed by atoms with Crippen molar-refractivity contribution in [3.05, 3.63) is 18.2 Å². The van der Waals surface area contributed by atoms with Gasteiger partial charge in [0.05, 0.1) is 30.7 Å². The molecule has 0 bridgehead atoms. The van der Waals surface area contributed by atoms with Gasteiger partial charge in [-0.3, -0.25) is 9.59 Å². The maximum atomic E-state index is 12.0. The van der Waals surface area contributed by atoms with Gasteiger partial charge in [0.2, 0.25) is 5.91 Å². The SMILES string of the molecule is CCOc1ccc(OCC)c(NC(=O)C2CC2C(=O)O)c1. The Labute approximate surface area is 123 Å². The highest BCUT2D eigenvalue weighted by molar-refractivity contribution is 5.99. The van der Waals surface area contributed by atoms with Crippen molar-refractivity contribution in [2.75, 3.05) is 18.5 Å². The van der Waals surface area contributed by atoms with Crippen LogP contribution in [0.4, 0.5) is 5.69 Å². The molecule has 2 unspecified atom stereocenters. The van der Waals surface area contributed by atoms with Gasteiger partial charge in [-0.05, 0) is 32.4 Å². The number of rotatable bonds is 7. The van der Waals surface area contributed by atoms with Crippen LogP contribution in [0.2, 0.25) is 0 Å². The predicted molar refractivity (Wildman–Crippen MR) is 76.6 cm³/mol. The molecule has 0 radical (unpaired) electrons. The molecule has 1 aliphatic carbocycles. The van der Waals surface area contributed by atoms with Crippen molar-refractivity contribution in [1.29, 1.82) is 0 Å². The lowest BCUT2D eigenvalue weighted by Gasteiger charge is -2.13. The van der Waals surface area contributed by atoms with Crippen LogP contribution in [0.3, 0.4) is 0 Å². The summed E-state index contributed by atoms with van der Waals surface area (Å²) in [6.45, 7) is 4.71. The van der Waals surface area contributed by atoms with E-state index >= 15 is 0 Å². The van der Waals surface area contributed by atoms with Gasteiger partial charge in [0.15, 0.2) is 0 Å². The molecule has 1 aromatic carbocycles. The Morgan fingerprint density at radius 3 is 2.52 bits per heavy atom. The Kier molecular flexibility index (Phi) is 4.67. The van der Waals surface area contributed by atoms with Gasteiger partial charge in [-0.2, -0.15) is 0 Å². The van der Waals surface area contributed by atoms with E-state index in [0.717, 1.165) is 0 Å². The molecule has 0 heterocycles. The van der Waals surface area contributed by atoms with E-state index in [1.165, 1.54) is 0 Å². The average molecular weight is 293 g/mol. The number of carbonyl (C=O) groups excluding carboxylic acids is 1. The van der Waals surface area contributed by atoms with E-state index in [2.05, 4.69) is 5.32 Å². The van der Waals surface area contributed by atoms with Crippen LogP contribution in [0.25, 0.3) is 0 Å². The Morgan fingerprint density at radius 2 is 1.95 bits per heavy atom. The van der Waals surface area contributed by atoms with Crippen LogP contribution in [-0.2, 0) is 9.59 Å². The number of carbonyl (C=O) groups is 2. The quantitative estimate of drug-likeness (QED) is 0.804. The molecular formula is C15H19NO5. The van der Waals surface area contributed by atoms with Gasteiger partial charge < -0.3 is 19.9 Å². The molecule has 2 N–H and O–H groups in total. The third kappa shape index (κ3) is 3.65. The lowest BCUT2D eigenvalue weighted by Crippen LogP contribution is -2.17. The molecule has 0 aromatic heterocycles. The van der Waals surface area contributed by atoms with E-state index in [1.807, 2.05) is 13.8 Å². The zero-order valence-corrected chi connectivity index (χ0v) is 12.1. The molecule has 1 amide bonds. The number of hydrogen-bond acceptors (Lipinski definition) is 4. The lowest BCUT2D eigenvalue weighted by molar-refractivity contribution is -0.139. The van der Waals surface area contributed by atoms with Gasteiger partial charge in [0, 0.05) is 6.07 Å². The van der Waals surface area contributed by atoms with Gasteiger partial charge in [0.25, 0.3) is 0 Å². The number of ether oxygens (including phenoxy) is 2. The molecule has 1 aromatic rings. The third-order valence-corrected chi connectivity index (χ3v) is 3.26. The molecule has 1 saturated carbocycles. The minimum atomic E-state index is -0.928. The zero-order chi connectivity index (χ0) is 15.4. The number of hydrogen-bond donors (Lipinski definition) is 2. The fourth-order valence-electron chi connectivity index (χ4n) is 2.13. The number of anilines is 1. The van der Waals surface area contributed by atoms with Crippen LogP contribution in [0.5, 0.6) is 11.5 Å². The van der Waals surface area contributed by atoms with E-state index < -0.39 is 17.8 Å². The monoisotopic (exact) mass is 293 g/mol. The molecule has 6 heteroatoms. The number of aliphatic carboxylic acids is 1. The Bertz CT molecular complexity index is 543. The number of amides is 1. The molecule has 0 aliphatic heterocycles. The van der Waals surface area contributed by atoms with Gasteiger partial charge in [-0.25, -0.2) is 0 Å². The lowest BCUT2D eigenvalue weighted by atomic mass is 10.2. The second-order valence-electron chi connectivity index (χ2n) is 4.80. The number of benzene rings is 1. The van der Waals surface area contributed by atoms with E-state index in [4.69, 9.17) is 14.6 Å². The van der Waals surface area contributed by atoms with E-state index in [1.54, 1.807) is 18.2 Å². The van der Waals surface area contributed by atoms with Crippen molar-refractivity contribution in [2.24, 2.45) is 11.8 Å². The smallest absolute Gasteiger partial charge is 0.307 e. The largest absolute Gasteiger partial charge is 0.494 e. The maximum Gasteiger partial charge on any atom is 0.307 e. The highest BCUT2D eigenvalue weighted by Gasteiger charge is 2.48. The summed E-state index contributed by atoms with van der Waals surface area (Å²) in [7, 11) is 0. The van der Waals surface area contributed by atoms with Crippen LogP contribution in [0.15, 0.2) is 18.2 Å². The Morgan fingerprint density at radius 1 is 1.24 bits per heavy atom. The highest BCUT2D eigenvalue weighted by atomic mass is 16.5. The first-order chi connectivity index (χ1) is 10.1. The van der Waals surface area contributed by atoms with Crippen molar-refractivity contribution in [2.45, 2.75) is 20.3 Å². The fourth-order valence-corrected chi connectivity index (χ4v) is 2.13. The summed E-state index contributed by atoms with van der Waals surface area (Å²) >= 11 is 0. The summed E-state index contributed by atoms with van der Waals surface area (Å²) in [4.78, 5) is 22.9. The molecule has 2 atom stereocenters. The fraction of sp³-hybridized carbons (Fsp3) is 0.467. The van der Waals surface area contributed by atoms with Gasteiger partial charge in [-0.1, -0.05) is 0 Å². The van der Waals surface area contributed by atoms with E-state index in [0.29, 0.717) is 36.8 Å². The normalized spacial score (nSPS) is 19.7. The Hall–Kier alpha value is -2.24. The first-order valence-electron chi connectivity index (χ1n) is 7.00. The average Bonchev–Trinajstić information content (AvgIpc) is 3.22. The van der Waals surface area contributed by atoms with Gasteiger partial charge in [0.1, 0.15) is 11.5 Å². The molecule has 21 heavy (non-hydrogen) atoms. The van der Waals surface area contributed by atoms with Crippen LogP contribution in [-0.4, -0.2) is 30.2 Å². The first-order valence-corrected chi connectivity index (χ1v) is 7.00. The zero-order valence-electron chi connectivity index (χ0n) is 12.1. The summed E-state index contributed by atoms with van der Waals surface area (Å²) in [5, 5.41) is 11.6. The summed E-state index contributed by atoms with van der Waals surface area (Å²) in [6, 6.07) is 5.18. The summed E-state index contributed by atoms with van der Waals surface area (Å²) < 4.78 is 10.9. The number of carboxylic acid groups (broad SMARTS) is 1. The first kappa shape index (κ1) is 15.2. The standard InChI is InChI=1S/C15H19NO5/c1-3-20-9-5-6-13(21-4-2)12(7-9)16-14(17)10-8-11(10)15(18)19/h5-7,10-11H,3-4,8H2,1-2H3,(H,16,17)(H,18,19). The van der Waals surface area contributed by atoms with Crippen molar-refractivity contribution in [1.82, 2.24) is 0 Å². The molecule has 0 saturated heterocycles. The second-order valence-corrected chi connectivity index (χ2v) is 4.80. The maximum absolute atomic E-state index is 12.0. The summed E-state index contributed by atoms with van der Waals surface area (Å²) in [5.41, 5.74) is 0.504. The van der Waals surface area contributed by atoms with Gasteiger partial charge in [-0.15, -0.1) is 0 Å². The van der Waals surface area contributed by atoms with E-state index in [-0.39, 0.29) is 5.91 Å². The van der Waals surface area contributed by atoms with Crippen LogP contribution < -0.4 is 14.8 Å². The second kappa shape index (κ2) is 6.47. The molecule has 114 valence electrons. The van der Waals surface area contributed by atoms with Crippen molar-refractivity contribution < 1.29 is 24.2 Å². The highest BCUT2D eigenvalue weighted by Crippen LogP contribution is 2.40. The summed E-state index contributed by atoms with van der Waals surface area (Å²) in [5.74, 6) is -1.09. The summed E-state index contributed by atoms with van der Waals surface area (Å²) in [6.07, 6.45) is 0.385. The molecule has 0 spiro atoms. The minimum absolute atomic E-state index is 0.294. The minimum Gasteiger partial charge on any atom is -0.494 e. The molecule has 1 aliphatic rings. The van der Waals surface area contributed by atoms with Crippen LogP contribution >= 0.6 is 0 Å². The van der Waals surface area contributed by atoms with E-state index in [9.17, 15) is 9.59 Å². The molecular weight excluding hydrogens is 274 g/mol. The van der Waals surface area contributed by atoms with Crippen molar-refractivity contribution in [3.63, 3.8) is 0 Å². The van der Waals surface area contributed by atoms with Gasteiger partial charge >= 0.3 is 5.97 Å². The number of nitrogens with one attached hydrogen (secondary N) is 1. The third-order valence-electron chi connectivity index (χ3n) is 3.26. The van der Waals surface area contributed by atoms with Crippen LogP contribution in [0, 0.1) is 11.8 Å². The van der Waals surface area contributed by atoms with Crippen molar-refractivity contribution in [3.8, 4) is 11.5 Å². The number of carboxylic acids is 1. The molecule has 1 fully saturated rings. The Balaban J connectivity index is 2.11. The topological polar surface area (TPSA) is 84.9 Å². The molecule has 6 nitrogen and oxygen atoms in total.